The van der Waals surface area contributed by atoms with Gasteiger partial charge in [-0.1, -0.05) is 58.0 Å². The van der Waals surface area contributed by atoms with E-state index in [9.17, 15) is 14.4 Å². The highest BCUT2D eigenvalue weighted by Crippen LogP contribution is 2.43. The van der Waals surface area contributed by atoms with Crippen LogP contribution in [0.3, 0.4) is 0 Å². The van der Waals surface area contributed by atoms with Crippen molar-refractivity contribution < 1.29 is 42.8 Å². The van der Waals surface area contributed by atoms with Crippen molar-refractivity contribution >= 4 is 74.5 Å². The van der Waals surface area contributed by atoms with Crippen LogP contribution in [0.5, 0.6) is 17.2 Å². The first-order chi connectivity index (χ1) is 36.9. The summed E-state index contributed by atoms with van der Waals surface area (Å²) in [7, 11) is 6.62. The minimum Gasteiger partial charge on any atom is -0.493 e. The summed E-state index contributed by atoms with van der Waals surface area (Å²) < 4.78 is 36.0. The molecular weight excluding hydrogens is 1000 g/mol. The van der Waals surface area contributed by atoms with E-state index in [1.54, 1.807) is 61.1 Å². The van der Waals surface area contributed by atoms with E-state index < -0.39 is 0 Å². The number of aryl methyl sites for hydroxylation is 2. The van der Waals surface area contributed by atoms with Gasteiger partial charge >= 0.3 is 0 Å². The van der Waals surface area contributed by atoms with Gasteiger partial charge in [0.05, 0.1) is 57.4 Å². The average Bonchev–Trinajstić information content (AvgIpc) is 3.93. The van der Waals surface area contributed by atoms with Crippen molar-refractivity contribution in [2.24, 2.45) is 10.1 Å². The molecule has 5 aromatic rings. The summed E-state index contributed by atoms with van der Waals surface area (Å²) in [6, 6.07) is 30.1. The van der Waals surface area contributed by atoms with Gasteiger partial charge in [-0.05, 0) is 129 Å². The van der Waals surface area contributed by atoms with Crippen LogP contribution in [-0.4, -0.2) is 113 Å². The topological polar surface area (TPSA) is 153 Å². The Morgan fingerprint density at radius 3 is 2.22 bits per heavy atom. The standard InChI is InChI=1S/C59H68N6O9S2/c1-7-61-62-56(66)18-25-75-76-59(3,4)38-63(19-20-71-23-24-72-22-21-69-5)46-28-40(36-73-53-32-42-16-17-45-30-43-12-8-10-14-51(43)64(45)57(67)48(42)26-39(53)2)27-41(29-46)37-74-55-34-50-49(33-54(55)70-6)58(68)65-47(35-60-50)31-44-13-9-11-15-52(44)65/h7-15,26-29,32-35,45,47H,16-25,30-31,36-38H2,1-6H3,(H,62,66)/t45-,47+/m1/s1. The van der Waals surface area contributed by atoms with Gasteiger partial charge in [0.1, 0.15) is 19.0 Å². The van der Waals surface area contributed by atoms with Crippen LogP contribution >= 0.6 is 21.6 Å². The Morgan fingerprint density at radius 1 is 0.803 bits per heavy atom. The van der Waals surface area contributed by atoms with Crippen LogP contribution in [-0.2, 0) is 51.5 Å². The van der Waals surface area contributed by atoms with E-state index in [-0.39, 0.29) is 47.8 Å². The maximum Gasteiger partial charge on any atom is 0.261 e. The lowest BCUT2D eigenvalue weighted by atomic mass is 9.98. The molecule has 4 heterocycles. The smallest absolute Gasteiger partial charge is 0.261 e. The molecule has 1 N–H and O–H groups in total. The highest BCUT2D eigenvalue weighted by atomic mass is 33.1. The number of ether oxygens (including phenoxy) is 6. The largest absolute Gasteiger partial charge is 0.493 e. The molecule has 0 unspecified atom stereocenters. The van der Waals surface area contributed by atoms with E-state index in [1.807, 2.05) is 59.3 Å². The second-order valence-electron chi connectivity index (χ2n) is 19.9. The number of methoxy groups -OCH3 is 2. The van der Waals surface area contributed by atoms with Crippen LogP contribution in [0, 0.1) is 6.92 Å². The van der Waals surface area contributed by atoms with Crippen molar-refractivity contribution in [3.05, 3.63) is 136 Å². The first-order valence-corrected chi connectivity index (χ1v) is 28.3. The molecule has 0 spiro atoms. The highest BCUT2D eigenvalue weighted by Gasteiger charge is 2.38. The van der Waals surface area contributed by atoms with E-state index >= 15 is 0 Å². The van der Waals surface area contributed by atoms with Crippen molar-refractivity contribution in [2.75, 3.05) is 80.8 Å². The predicted molar refractivity (Wildman–Crippen MR) is 304 cm³/mol. The average molecular weight is 1070 g/mol. The zero-order valence-electron chi connectivity index (χ0n) is 44.3. The van der Waals surface area contributed by atoms with E-state index in [1.165, 1.54) is 5.56 Å². The maximum absolute atomic E-state index is 14.2. The molecule has 0 radical (unpaired) electrons. The quantitative estimate of drug-likeness (QED) is 0.0256. The summed E-state index contributed by atoms with van der Waals surface area (Å²) in [4.78, 5) is 51.8. The molecule has 0 aliphatic carbocycles. The van der Waals surface area contributed by atoms with E-state index in [2.05, 4.69) is 71.7 Å². The predicted octanol–water partition coefficient (Wildman–Crippen LogP) is 10.1. The second-order valence-corrected chi connectivity index (χ2v) is 23.0. The van der Waals surface area contributed by atoms with Crippen molar-refractivity contribution in [1.82, 2.24) is 5.43 Å². The molecule has 0 fully saturated rings. The number of hydrogen-bond donors (Lipinski definition) is 1. The van der Waals surface area contributed by atoms with Crippen LogP contribution in [0.15, 0.2) is 101 Å². The SMILES string of the molecule is CC=NNC(=O)CCSSC(C)(C)CN(CCOCCOCCOC)c1cc(COc2cc3c(cc2C)C(=O)N2c4ccccc4C[C@H]2CC3)cc(COc2cc3c(cc2OC)C(=O)N2c4ccccc4C[C@H]2C=N3)c1. The van der Waals surface area contributed by atoms with Gasteiger partial charge in [-0.2, -0.15) is 5.10 Å². The highest BCUT2D eigenvalue weighted by molar-refractivity contribution is 8.77. The number of anilines is 3. The number of amides is 3. The first-order valence-electron chi connectivity index (χ1n) is 26.0. The monoisotopic (exact) mass is 1070 g/mol. The fourth-order valence-electron chi connectivity index (χ4n) is 10.3. The lowest BCUT2D eigenvalue weighted by Crippen LogP contribution is -2.38. The molecule has 0 aromatic heterocycles. The molecule has 76 heavy (non-hydrogen) atoms. The Labute approximate surface area is 454 Å². The third kappa shape index (κ3) is 12.9. The van der Waals surface area contributed by atoms with Crippen LogP contribution in [0.4, 0.5) is 22.7 Å². The van der Waals surface area contributed by atoms with E-state index in [0.717, 1.165) is 75.5 Å². The fourth-order valence-corrected chi connectivity index (χ4v) is 12.8. The first kappa shape index (κ1) is 54.4. The number of hydrazone groups is 1. The number of aliphatic imine (C=N–C) groups is 1. The number of carbonyl (C=O) groups excluding carboxylic acids is 3. The van der Waals surface area contributed by atoms with Gasteiger partial charge in [0.25, 0.3) is 11.8 Å². The van der Waals surface area contributed by atoms with Crippen LogP contribution in [0.1, 0.15) is 87.7 Å². The molecular formula is C59H68N6O9S2. The molecule has 5 aromatic carbocycles. The van der Waals surface area contributed by atoms with Gasteiger partial charge < -0.3 is 38.2 Å². The molecule has 9 rings (SSSR count). The summed E-state index contributed by atoms with van der Waals surface area (Å²) in [5.41, 5.74) is 13.1. The summed E-state index contributed by atoms with van der Waals surface area (Å²) in [5.74, 6) is 2.01. The fraction of sp³-hybridized carbons (Fsp3) is 0.407. The maximum atomic E-state index is 14.2. The number of para-hydroxylation sites is 2. The minimum absolute atomic E-state index is 0.0412. The molecule has 400 valence electrons. The number of fused-ring (bicyclic) bond motifs is 8. The van der Waals surface area contributed by atoms with Gasteiger partial charge in [0.15, 0.2) is 11.5 Å². The molecule has 17 heteroatoms. The molecule has 2 atom stereocenters. The Hall–Kier alpha value is -6.37. The van der Waals surface area contributed by atoms with Crippen LogP contribution < -0.4 is 34.3 Å². The number of carbonyl (C=O) groups is 3. The Balaban J connectivity index is 0.989. The molecule has 4 aliphatic rings. The van der Waals surface area contributed by atoms with E-state index in [0.29, 0.717) is 87.5 Å². The van der Waals surface area contributed by atoms with Crippen molar-refractivity contribution in [1.29, 1.82) is 0 Å². The molecule has 0 saturated carbocycles. The van der Waals surface area contributed by atoms with Gasteiger partial charge in [0.2, 0.25) is 5.91 Å². The zero-order valence-corrected chi connectivity index (χ0v) is 45.9. The third-order valence-electron chi connectivity index (χ3n) is 13.9. The Bertz CT molecular complexity index is 2970. The summed E-state index contributed by atoms with van der Waals surface area (Å²) in [5, 5.41) is 3.87. The number of nitrogens with zero attached hydrogens (tertiary/aromatic N) is 5. The number of hydrogen-bond acceptors (Lipinski definition) is 14. The number of benzene rings is 5. The molecule has 0 bridgehead atoms. The molecule has 0 saturated heterocycles. The second kappa shape index (κ2) is 25.2. The van der Waals surface area contributed by atoms with Gasteiger partial charge in [-0.25, -0.2) is 5.43 Å². The van der Waals surface area contributed by atoms with Crippen molar-refractivity contribution in [2.45, 2.75) is 89.8 Å². The van der Waals surface area contributed by atoms with Crippen LogP contribution in [0.25, 0.3) is 0 Å². The van der Waals surface area contributed by atoms with E-state index in [4.69, 9.17) is 33.4 Å². The van der Waals surface area contributed by atoms with Crippen molar-refractivity contribution in [3.63, 3.8) is 0 Å². The summed E-state index contributed by atoms with van der Waals surface area (Å²) in [6.45, 7) is 12.1. The Kier molecular flexibility index (Phi) is 18.0. The normalized spacial score (nSPS) is 16.3. The molecule has 3 amide bonds. The zero-order chi connectivity index (χ0) is 53.2. The van der Waals surface area contributed by atoms with Gasteiger partial charge in [0, 0.05) is 90.7 Å². The lowest BCUT2D eigenvalue weighted by Gasteiger charge is -2.34. The molecule has 4 aliphatic heterocycles. The number of rotatable bonds is 25. The summed E-state index contributed by atoms with van der Waals surface area (Å²) in [6.07, 6.45) is 6.94. The van der Waals surface area contributed by atoms with Gasteiger partial charge in [-0.3, -0.25) is 24.3 Å². The lowest BCUT2D eigenvalue weighted by molar-refractivity contribution is -0.120. The van der Waals surface area contributed by atoms with Crippen LogP contribution in [0.2, 0.25) is 0 Å². The summed E-state index contributed by atoms with van der Waals surface area (Å²) >= 11 is 0. The third-order valence-corrected chi connectivity index (χ3v) is 17.2. The number of nitrogens with one attached hydrogen (secondary N) is 1. The minimum atomic E-state index is -0.271. The Morgan fingerprint density at radius 2 is 1.49 bits per heavy atom. The molecule has 15 nitrogen and oxygen atoms in total. The van der Waals surface area contributed by atoms with Crippen molar-refractivity contribution in [3.8, 4) is 17.2 Å². The van der Waals surface area contributed by atoms with Gasteiger partial charge in [-0.15, -0.1) is 0 Å².